The Bertz CT molecular complexity index is 2450. The van der Waals surface area contributed by atoms with Crippen molar-refractivity contribution >= 4 is 51.8 Å². The monoisotopic (exact) mass is 933 g/mol. The summed E-state index contributed by atoms with van der Waals surface area (Å²) in [5.74, 6) is -2.02. The quantitative estimate of drug-likeness (QED) is 0.0189. The average molecular weight is 934 g/mol. The number of hydrogen-bond acceptors (Lipinski definition) is 10. The molecule has 0 unspecified atom stereocenters. The van der Waals surface area contributed by atoms with Crippen molar-refractivity contribution < 1.29 is 39.0 Å². The van der Waals surface area contributed by atoms with Gasteiger partial charge in [-0.1, -0.05) is 87.5 Å². The lowest BCUT2D eigenvalue weighted by molar-refractivity contribution is -0.146. The van der Waals surface area contributed by atoms with Gasteiger partial charge in [-0.15, -0.1) is 11.3 Å². The van der Waals surface area contributed by atoms with Crippen molar-refractivity contribution in [3.05, 3.63) is 124 Å². The molecule has 358 valence electrons. The van der Waals surface area contributed by atoms with Gasteiger partial charge in [-0.05, 0) is 89.6 Å². The molecule has 0 radical (unpaired) electrons. The standard InChI is InChI=1S/C53H67N5O8S/c1-35-23-30-67-50(35)41-18-16-40(17-19-41)36(2)55-51(62)48-32-43(60)34-58(48)52(63)46(53(4,5)6)31-42(59)22-26-65-28-29-66-27-25-57(24-21-44-37(3)54-47-10-8-7-9-45(44)47)33-39-13-11-38(12-14-39)15-20-49(61)56-64/h7-20,23,30,36,43,46,48,54,60,64H,21-22,24-29,31-34H2,1-6H3,(H,55,62)(H,56,61)/b20-15+/t36-,43+,46+,48+/m0/s1. The zero-order chi connectivity index (χ0) is 48.1. The first kappa shape index (κ1) is 50.9. The maximum Gasteiger partial charge on any atom is 0.267 e. The van der Waals surface area contributed by atoms with Gasteiger partial charge in [0.15, 0.2) is 0 Å². The number of amides is 3. The molecule has 3 amide bonds. The number of nitrogens with one attached hydrogen (secondary N) is 3. The molecule has 5 N–H and O–H groups in total. The third-order valence-corrected chi connectivity index (χ3v) is 13.7. The van der Waals surface area contributed by atoms with E-state index in [1.54, 1.807) is 22.9 Å². The number of benzene rings is 3. The van der Waals surface area contributed by atoms with Crippen LogP contribution in [-0.2, 0) is 41.6 Å². The van der Waals surface area contributed by atoms with Crippen LogP contribution in [0.15, 0.2) is 90.3 Å². The summed E-state index contributed by atoms with van der Waals surface area (Å²) < 4.78 is 11.8. The molecule has 3 aromatic carbocycles. The topological polar surface area (TPSA) is 174 Å². The van der Waals surface area contributed by atoms with Crippen molar-refractivity contribution in [1.29, 1.82) is 0 Å². The summed E-state index contributed by atoms with van der Waals surface area (Å²) in [5.41, 5.74) is 9.82. The van der Waals surface area contributed by atoms with Crippen molar-refractivity contribution in [2.75, 3.05) is 46.1 Å². The third kappa shape index (κ3) is 14.3. The Hall–Kier alpha value is -5.48. The second-order valence-electron chi connectivity index (χ2n) is 18.7. The fourth-order valence-electron chi connectivity index (χ4n) is 8.68. The summed E-state index contributed by atoms with van der Waals surface area (Å²) in [6, 6.07) is 25.3. The van der Waals surface area contributed by atoms with Gasteiger partial charge in [-0.3, -0.25) is 29.3 Å². The lowest BCUT2D eigenvalue weighted by atomic mass is 9.76. The minimum Gasteiger partial charge on any atom is -0.391 e. The Morgan fingerprint density at radius 1 is 0.940 bits per heavy atom. The molecular formula is C53H67N5O8S. The van der Waals surface area contributed by atoms with Crippen LogP contribution in [0.3, 0.4) is 0 Å². The smallest absolute Gasteiger partial charge is 0.267 e. The van der Waals surface area contributed by atoms with Gasteiger partial charge >= 0.3 is 0 Å². The Balaban J connectivity index is 0.951. The summed E-state index contributed by atoms with van der Waals surface area (Å²) in [5, 5.41) is 25.8. The number of hydroxylamine groups is 1. The average Bonchev–Trinajstić information content (AvgIpc) is 4.02. The number of carbonyl (C=O) groups excluding carboxylic acids is 4. The summed E-state index contributed by atoms with van der Waals surface area (Å²) >= 11 is 1.69. The highest BCUT2D eigenvalue weighted by Gasteiger charge is 2.44. The van der Waals surface area contributed by atoms with Crippen LogP contribution in [-0.4, -0.2) is 107 Å². The molecule has 0 aliphatic carbocycles. The number of ketones is 1. The molecule has 1 aliphatic rings. The molecule has 2 aromatic heterocycles. The minimum absolute atomic E-state index is 0.00377. The van der Waals surface area contributed by atoms with Crippen LogP contribution in [0.1, 0.15) is 86.5 Å². The number of aromatic nitrogens is 1. The number of rotatable bonds is 23. The van der Waals surface area contributed by atoms with Crippen molar-refractivity contribution in [3.8, 4) is 10.4 Å². The number of H-pyrrole nitrogens is 1. The maximum absolute atomic E-state index is 14.2. The largest absolute Gasteiger partial charge is 0.391 e. The van der Waals surface area contributed by atoms with Crippen LogP contribution < -0.4 is 10.8 Å². The number of para-hydroxylation sites is 1. The minimum atomic E-state index is -0.846. The molecule has 1 saturated heterocycles. The number of aryl methyl sites for hydroxylation is 2. The van der Waals surface area contributed by atoms with Gasteiger partial charge in [-0.2, -0.15) is 0 Å². The number of aromatic amines is 1. The first-order valence-corrected chi connectivity index (χ1v) is 24.1. The molecule has 1 aliphatic heterocycles. The van der Waals surface area contributed by atoms with Crippen LogP contribution in [0.5, 0.6) is 0 Å². The van der Waals surface area contributed by atoms with E-state index < -0.39 is 29.4 Å². The predicted octanol–water partition coefficient (Wildman–Crippen LogP) is 7.96. The number of likely N-dealkylation sites (tertiary alicyclic amines) is 1. The number of β-amino-alcohol motifs (C(OH)–C–C–N with tert-alkyl or cyclic N) is 1. The molecule has 13 nitrogen and oxygen atoms in total. The highest BCUT2D eigenvalue weighted by Crippen LogP contribution is 2.34. The number of hydrogen-bond donors (Lipinski definition) is 5. The SMILES string of the molecule is Cc1ccsc1-c1ccc([C@H](C)NC(=O)[C@H]2C[C@@H](O)CN2C(=O)[C@@H](CC(=O)CCOCCOCCN(CCc2c(C)[nH]c3ccccc23)Cc2ccc(/C=C/C(=O)NO)cc2)C(C)(C)C)cc1. The van der Waals surface area contributed by atoms with Gasteiger partial charge in [-0.25, -0.2) is 5.48 Å². The van der Waals surface area contributed by atoms with E-state index in [4.69, 9.17) is 14.7 Å². The van der Waals surface area contributed by atoms with Crippen LogP contribution in [0.2, 0.25) is 0 Å². The Morgan fingerprint density at radius 3 is 2.34 bits per heavy atom. The summed E-state index contributed by atoms with van der Waals surface area (Å²) in [7, 11) is 0. The Kier molecular flexibility index (Phi) is 18.2. The number of nitrogens with zero attached hydrogens (tertiary/aromatic N) is 2. The normalized spacial score (nSPS) is 16.2. The van der Waals surface area contributed by atoms with Gasteiger partial charge in [0.1, 0.15) is 11.8 Å². The van der Waals surface area contributed by atoms with E-state index in [1.165, 1.54) is 32.4 Å². The van der Waals surface area contributed by atoms with E-state index >= 15 is 0 Å². The van der Waals surface area contributed by atoms with Crippen molar-refractivity contribution in [1.82, 2.24) is 25.6 Å². The number of thiophene rings is 1. The molecule has 4 atom stereocenters. The van der Waals surface area contributed by atoms with Crippen LogP contribution in [0.25, 0.3) is 27.4 Å². The molecule has 14 heteroatoms. The molecule has 0 spiro atoms. The molecular weight excluding hydrogens is 867 g/mol. The number of aliphatic hydroxyl groups is 1. The van der Waals surface area contributed by atoms with E-state index in [2.05, 4.69) is 70.8 Å². The number of Topliss-reactive ketones (excluding diaryl/α,β-unsaturated/α-hetero) is 1. The van der Waals surface area contributed by atoms with Crippen LogP contribution in [0.4, 0.5) is 0 Å². The molecule has 1 fully saturated rings. The first-order valence-electron chi connectivity index (χ1n) is 23.2. The van der Waals surface area contributed by atoms with Crippen molar-refractivity contribution in [2.45, 2.75) is 92.0 Å². The van der Waals surface area contributed by atoms with Crippen LogP contribution >= 0.6 is 11.3 Å². The Morgan fingerprint density at radius 2 is 1.66 bits per heavy atom. The van der Waals surface area contributed by atoms with Gasteiger partial charge in [0.05, 0.1) is 38.6 Å². The zero-order valence-corrected chi connectivity index (χ0v) is 40.5. The number of fused-ring (bicyclic) bond motifs is 1. The van der Waals surface area contributed by atoms with Gasteiger partial charge in [0, 0.05) is 78.9 Å². The third-order valence-electron chi connectivity index (χ3n) is 12.6. The van der Waals surface area contributed by atoms with Crippen LogP contribution in [0, 0.1) is 25.2 Å². The van der Waals surface area contributed by atoms with Gasteiger partial charge < -0.3 is 29.8 Å². The van der Waals surface area contributed by atoms with Gasteiger partial charge in [0.25, 0.3) is 5.91 Å². The number of ether oxygens (including phenoxy) is 2. The van der Waals surface area contributed by atoms with E-state index in [-0.39, 0.29) is 56.1 Å². The fraction of sp³-hybridized carbons (Fsp3) is 0.434. The molecule has 5 aromatic rings. The Labute approximate surface area is 398 Å². The molecule has 0 bridgehead atoms. The van der Waals surface area contributed by atoms with E-state index in [0.717, 1.165) is 46.4 Å². The van der Waals surface area contributed by atoms with Crippen molar-refractivity contribution in [3.63, 3.8) is 0 Å². The lowest BCUT2D eigenvalue weighted by Gasteiger charge is -2.35. The number of carbonyl (C=O) groups is 4. The molecule has 3 heterocycles. The first-order chi connectivity index (χ1) is 32.1. The predicted molar refractivity (Wildman–Crippen MR) is 263 cm³/mol. The zero-order valence-electron chi connectivity index (χ0n) is 39.7. The number of aliphatic hydroxyl groups excluding tert-OH is 1. The summed E-state index contributed by atoms with van der Waals surface area (Å²) in [6.45, 7) is 15.4. The van der Waals surface area contributed by atoms with E-state index in [1.807, 2.05) is 70.2 Å². The maximum atomic E-state index is 14.2. The van der Waals surface area contributed by atoms with Gasteiger partial charge in [0.2, 0.25) is 11.8 Å². The van der Waals surface area contributed by atoms with E-state index in [9.17, 15) is 24.3 Å². The molecule has 6 rings (SSSR count). The molecule has 67 heavy (non-hydrogen) atoms. The molecule has 0 saturated carbocycles. The second-order valence-corrected chi connectivity index (χ2v) is 19.6. The highest BCUT2D eigenvalue weighted by atomic mass is 32.1. The summed E-state index contributed by atoms with van der Waals surface area (Å²) in [6.07, 6.45) is 3.19. The fourth-order valence-corrected chi connectivity index (χ4v) is 9.62. The summed E-state index contributed by atoms with van der Waals surface area (Å²) in [4.78, 5) is 61.2. The highest BCUT2D eigenvalue weighted by molar-refractivity contribution is 7.13. The lowest BCUT2D eigenvalue weighted by Crippen LogP contribution is -2.50. The van der Waals surface area contributed by atoms with E-state index in [0.29, 0.717) is 32.9 Å². The second kappa shape index (κ2) is 24.0. The van der Waals surface area contributed by atoms with Crippen molar-refractivity contribution in [2.24, 2.45) is 11.3 Å².